The standard InChI is InChI=1S/C7H14N4O2/c1-9-7(13)11-3-2-10-5(4-11)6(8)12/h5,10H,2-4H2,1H3,(H2,8,12)(H,9,13). The van der Waals surface area contributed by atoms with Gasteiger partial charge in [0, 0.05) is 26.7 Å². The molecule has 1 aliphatic rings. The van der Waals surface area contributed by atoms with Gasteiger partial charge >= 0.3 is 6.03 Å². The first-order valence-electron chi connectivity index (χ1n) is 4.14. The predicted octanol–water partition coefficient (Wildman–Crippen LogP) is -1.92. The smallest absolute Gasteiger partial charge is 0.317 e. The Morgan fingerprint density at radius 1 is 1.62 bits per heavy atom. The Morgan fingerprint density at radius 2 is 2.31 bits per heavy atom. The molecule has 6 heteroatoms. The van der Waals surface area contributed by atoms with E-state index in [0.29, 0.717) is 19.6 Å². The lowest BCUT2D eigenvalue weighted by Crippen LogP contribution is -2.58. The van der Waals surface area contributed by atoms with Gasteiger partial charge in [0.25, 0.3) is 0 Å². The lowest BCUT2D eigenvalue weighted by atomic mass is 10.2. The number of urea groups is 1. The van der Waals surface area contributed by atoms with E-state index in [1.807, 2.05) is 0 Å². The van der Waals surface area contributed by atoms with Gasteiger partial charge in [0.05, 0.1) is 0 Å². The largest absolute Gasteiger partial charge is 0.368 e. The van der Waals surface area contributed by atoms with Gasteiger partial charge in [-0.05, 0) is 0 Å². The van der Waals surface area contributed by atoms with Crippen LogP contribution in [0.5, 0.6) is 0 Å². The lowest BCUT2D eigenvalue weighted by molar-refractivity contribution is -0.120. The SMILES string of the molecule is CNC(=O)N1CCNC(C(N)=O)C1. The Bertz CT molecular complexity index is 219. The molecule has 74 valence electrons. The number of amides is 3. The summed E-state index contributed by atoms with van der Waals surface area (Å²) in [5.74, 6) is -0.423. The number of nitrogens with one attached hydrogen (secondary N) is 2. The number of rotatable bonds is 1. The fourth-order valence-electron chi connectivity index (χ4n) is 1.28. The predicted molar refractivity (Wildman–Crippen MR) is 47.0 cm³/mol. The number of nitrogens with zero attached hydrogens (tertiary/aromatic N) is 1. The van der Waals surface area contributed by atoms with E-state index >= 15 is 0 Å². The Kier molecular flexibility index (Phi) is 3.07. The summed E-state index contributed by atoms with van der Waals surface area (Å²) in [5, 5.41) is 5.43. The van der Waals surface area contributed by atoms with E-state index in [1.54, 1.807) is 11.9 Å². The van der Waals surface area contributed by atoms with Crippen LogP contribution in [0, 0.1) is 0 Å². The van der Waals surface area contributed by atoms with E-state index < -0.39 is 11.9 Å². The molecule has 1 fully saturated rings. The molecule has 1 unspecified atom stereocenters. The number of nitrogens with two attached hydrogens (primary N) is 1. The molecule has 0 aliphatic carbocycles. The van der Waals surface area contributed by atoms with Crippen LogP contribution in [0.15, 0.2) is 0 Å². The maximum atomic E-state index is 11.2. The van der Waals surface area contributed by atoms with Crippen LogP contribution in [-0.4, -0.2) is 49.6 Å². The first-order valence-corrected chi connectivity index (χ1v) is 4.14. The first-order chi connectivity index (χ1) is 6.15. The second-order valence-corrected chi connectivity index (χ2v) is 2.91. The van der Waals surface area contributed by atoms with Crippen LogP contribution in [0.1, 0.15) is 0 Å². The molecule has 13 heavy (non-hydrogen) atoms. The molecule has 3 amide bonds. The van der Waals surface area contributed by atoms with Gasteiger partial charge in [0.1, 0.15) is 6.04 Å². The van der Waals surface area contributed by atoms with Crippen LogP contribution in [0.4, 0.5) is 4.79 Å². The molecule has 0 saturated carbocycles. The Labute approximate surface area is 76.4 Å². The fourth-order valence-corrected chi connectivity index (χ4v) is 1.28. The van der Waals surface area contributed by atoms with E-state index in [4.69, 9.17) is 5.73 Å². The van der Waals surface area contributed by atoms with E-state index in [1.165, 1.54) is 0 Å². The minimum atomic E-state index is -0.425. The first kappa shape index (κ1) is 9.79. The van der Waals surface area contributed by atoms with Crippen LogP contribution in [-0.2, 0) is 4.79 Å². The van der Waals surface area contributed by atoms with Crippen LogP contribution in [0.2, 0.25) is 0 Å². The number of hydrogen-bond acceptors (Lipinski definition) is 3. The quantitative estimate of drug-likeness (QED) is 0.446. The molecule has 0 bridgehead atoms. The zero-order chi connectivity index (χ0) is 9.84. The molecule has 1 saturated heterocycles. The summed E-state index contributed by atoms with van der Waals surface area (Å²) in [5.41, 5.74) is 5.11. The third-order valence-corrected chi connectivity index (χ3v) is 2.02. The van der Waals surface area contributed by atoms with Gasteiger partial charge in [0.2, 0.25) is 5.91 Å². The van der Waals surface area contributed by atoms with Gasteiger partial charge in [-0.25, -0.2) is 4.79 Å². The minimum Gasteiger partial charge on any atom is -0.368 e. The number of piperazine rings is 1. The molecule has 1 aliphatic heterocycles. The second-order valence-electron chi connectivity index (χ2n) is 2.91. The highest BCUT2D eigenvalue weighted by molar-refractivity contribution is 5.82. The zero-order valence-corrected chi connectivity index (χ0v) is 7.54. The fraction of sp³-hybridized carbons (Fsp3) is 0.714. The Balaban J connectivity index is 2.51. The third kappa shape index (κ3) is 2.32. The minimum absolute atomic E-state index is 0.173. The molecule has 1 heterocycles. The van der Waals surface area contributed by atoms with Crippen molar-refractivity contribution in [3.63, 3.8) is 0 Å². The molecular formula is C7H14N4O2. The molecule has 1 rings (SSSR count). The van der Waals surface area contributed by atoms with Crippen LogP contribution < -0.4 is 16.4 Å². The normalized spacial score (nSPS) is 22.5. The number of primary amides is 1. The monoisotopic (exact) mass is 186 g/mol. The van der Waals surface area contributed by atoms with E-state index in [-0.39, 0.29) is 6.03 Å². The highest BCUT2D eigenvalue weighted by Crippen LogP contribution is 1.98. The summed E-state index contributed by atoms with van der Waals surface area (Å²) in [6.45, 7) is 1.54. The van der Waals surface area contributed by atoms with E-state index in [2.05, 4.69) is 10.6 Å². The number of carbonyl (C=O) groups is 2. The summed E-state index contributed by atoms with van der Waals surface area (Å²) in [4.78, 5) is 23.5. The molecular weight excluding hydrogens is 172 g/mol. The summed E-state index contributed by atoms with van der Waals surface area (Å²) in [6, 6.07) is -0.598. The van der Waals surface area contributed by atoms with E-state index in [0.717, 1.165) is 0 Å². The van der Waals surface area contributed by atoms with Crippen LogP contribution >= 0.6 is 0 Å². The van der Waals surface area contributed by atoms with Gasteiger partial charge in [-0.1, -0.05) is 0 Å². The van der Waals surface area contributed by atoms with Crippen molar-refractivity contribution in [3.05, 3.63) is 0 Å². The van der Waals surface area contributed by atoms with Crippen molar-refractivity contribution < 1.29 is 9.59 Å². The molecule has 4 N–H and O–H groups in total. The van der Waals surface area contributed by atoms with Crippen molar-refractivity contribution in [2.24, 2.45) is 5.73 Å². The summed E-state index contributed by atoms with van der Waals surface area (Å²) < 4.78 is 0. The van der Waals surface area contributed by atoms with Gasteiger partial charge in [-0.3, -0.25) is 4.79 Å². The van der Waals surface area contributed by atoms with Crippen molar-refractivity contribution >= 4 is 11.9 Å². The van der Waals surface area contributed by atoms with Crippen LogP contribution in [0.25, 0.3) is 0 Å². The van der Waals surface area contributed by atoms with E-state index in [9.17, 15) is 9.59 Å². The zero-order valence-electron chi connectivity index (χ0n) is 7.54. The summed E-state index contributed by atoms with van der Waals surface area (Å²) in [7, 11) is 1.56. The molecule has 0 aromatic rings. The maximum absolute atomic E-state index is 11.2. The lowest BCUT2D eigenvalue weighted by Gasteiger charge is -2.31. The molecule has 6 nitrogen and oxygen atoms in total. The average Bonchev–Trinajstić information content (AvgIpc) is 2.17. The number of hydrogen-bond donors (Lipinski definition) is 3. The van der Waals surface area contributed by atoms with Gasteiger partial charge < -0.3 is 21.3 Å². The topological polar surface area (TPSA) is 87.5 Å². The molecule has 0 aromatic carbocycles. The highest BCUT2D eigenvalue weighted by atomic mass is 16.2. The highest BCUT2D eigenvalue weighted by Gasteiger charge is 2.25. The van der Waals surface area contributed by atoms with Crippen molar-refractivity contribution in [1.82, 2.24) is 15.5 Å². The van der Waals surface area contributed by atoms with Gasteiger partial charge in [-0.2, -0.15) is 0 Å². The van der Waals surface area contributed by atoms with Gasteiger partial charge in [0.15, 0.2) is 0 Å². The Morgan fingerprint density at radius 3 is 2.85 bits per heavy atom. The van der Waals surface area contributed by atoms with Crippen molar-refractivity contribution in [1.29, 1.82) is 0 Å². The summed E-state index contributed by atoms with van der Waals surface area (Å²) in [6.07, 6.45) is 0. The Hall–Kier alpha value is -1.30. The molecule has 0 spiro atoms. The second kappa shape index (κ2) is 4.08. The van der Waals surface area contributed by atoms with Crippen LogP contribution in [0.3, 0.4) is 0 Å². The van der Waals surface area contributed by atoms with Crippen molar-refractivity contribution in [2.75, 3.05) is 26.7 Å². The number of carbonyl (C=O) groups excluding carboxylic acids is 2. The summed E-state index contributed by atoms with van der Waals surface area (Å²) >= 11 is 0. The molecule has 0 radical (unpaired) electrons. The van der Waals surface area contributed by atoms with Gasteiger partial charge in [-0.15, -0.1) is 0 Å². The average molecular weight is 186 g/mol. The molecule has 1 atom stereocenters. The van der Waals surface area contributed by atoms with Crippen molar-refractivity contribution in [2.45, 2.75) is 6.04 Å². The molecule has 0 aromatic heterocycles. The third-order valence-electron chi connectivity index (χ3n) is 2.02. The maximum Gasteiger partial charge on any atom is 0.317 e. The van der Waals surface area contributed by atoms with Crippen molar-refractivity contribution in [3.8, 4) is 0 Å².